The largest absolute Gasteiger partial charge is 0.494 e. The predicted octanol–water partition coefficient (Wildman–Crippen LogP) is 12.0. The highest BCUT2D eigenvalue weighted by atomic mass is 16.5. The van der Waals surface area contributed by atoms with E-state index in [0.717, 1.165) is 30.8 Å². The number of hydrogen-bond acceptors (Lipinski definition) is 2. The van der Waals surface area contributed by atoms with Crippen molar-refractivity contribution in [1.29, 1.82) is 0 Å². The molecule has 2 nitrogen and oxygen atoms in total. The number of aliphatic hydroxyl groups excluding tert-OH is 1. The number of benzene rings is 2. The van der Waals surface area contributed by atoms with Crippen LogP contribution in [0.4, 0.5) is 0 Å². The van der Waals surface area contributed by atoms with E-state index in [9.17, 15) is 5.11 Å². The van der Waals surface area contributed by atoms with Crippen molar-refractivity contribution in [2.45, 2.75) is 162 Å². The van der Waals surface area contributed by atoms with E-state index >= 15 is 0 Å². The van der Waals surface area contributed by atoms with Gasteiger partial charge in [-0.2, -0.15) is 0 Å². The maximum absolute atomic E-state index is 9.43. The molecule has 2 aromatic carbocycles. The second-order valence-corrected chi connectivity index (χ2v) is 12.0. The highest BCUT2D eigenvalue weighted by Gasteiger charge is 2.06. The molecular formula is C38H62O2. The maximum atomic E-state index is 9.43. The zero-order valence-corrected chi connectivity index (χ0v) is 26.4. The van der Waals surface area contributed by atoms with Crippen molar-refractivity contribution in [1.82, 2.24) is 0 Å². The molecular weight excluding hydrogens is 488 g/mol. The molecule has 0 atom stereocenters. The third-order valence-electron chi connectivity index (χ3n) is 8.27. The van der Waals surface area contributed by atoms with Gasteiger partial charge < -0.3 is 9.84 Å². The van der Waals surface area contributed by atoms with Crippen LogP contribution in [0.1, 0.15) is 160 Å². The first-order chi connectivity index (χ1) is 19.8. The first-order valence-corrected chi connectivity index (χ1v) is 17.2. The quantitative estimate of drug-likeness (QED) is 0.118. The molecule has 0 fully saturated rings. The predicted molar refractivity (Wildman–Crippen MR) is 175 cm³/mol. The van der Waals surface area contributed by atoms with E-state index in [1.807, 2.05) is 12.1 Å². The first-order valence-electron chi connectivity index (χ1n) is 17.2. The minimum Gasteiger partial charge on any atom is -0.494 e. The van der Waals surface area contributed by atoms with Crippen LogP contribution in [0.2, 0.25) is 0 Å². The van der Waals surface area contributed by atoms with E-state index in [4.69, 9.17) is 4.74 Å². The lowest BCUT2D eigenvalue weighted by Gasteiger charge is -2.12. The molecule has 0 aliphatic heterocycles. The Kier molecular flexibility index (Phi) is 20.5. The van der Waals surface area contributed by atoms with E-state index in [1.165, 1.54) is 145 Å². The van der Waals surface area contributed by atoms with Crippen LogP contribution >= 0.6 is 0 Å². The lowest BCUT2D eigenvalue weighted by Crippen LogP contribution is -1.99. The second kappa shape index (κ2) is 23.9. The Bertz CT molecular complexity index is 841. The van der Waals surface area contributed by atoms with Crippen molar-refractivity contribution in [3.8, 4) is 16.9 Å². The Morgan fingerprint density at radius 3 is 1.45 bits per heavy atom. The van der Waals surface area contributed by atoms with Gasteiger partial charge in [-0.1, -0.05) is 166 Å². The Hall–Kier alpha value is -1.80. The summed E-state index contributed by atoms with van der Waals surface area (Å²) < 4.78 is 6.28. The average Bonchev–Trinajstić information content (AvgIpc) is 2.98. The molecule has 0 saturated heterocycles. The van der Waals surface area contributed by atoms with Crippen molar-refractivity contribution in [2.75, 3.05) is 6.61 Å². The first kappa shape index (κ1) is 34.4. The highest BCUT2D eigenvalue weighted by Crippen LogP contribution is 2.28. The van der Waals surface area contributed by atoms with Crippen molar-refractivity contribution >= 4 is 0 Å². The van der Waals surface area contributed by atoms with Crippen molar-refractivity contribution in [3.05, 3.63) is 53.6 Å². The maximum Gasteiger partial charge on any atom is 0.120 e. The third-order valence-corrected chi connectivity index (χ3v) is 8.27. The van der Waals surface area contributed by atoms with Gasteiger partial charge in [-0.3, -0.25) is 0 Å². The lowest BCUT2D eigenvalue weighted by molar-refractivity contribution is 0.282. The summed E-state index contributed by atoms with van der Waals surface area (Å²) in [4.78, 5) is 0. The van der Waals surface area contributed by atoms with Gasteiger partial charge in [0, 0.05) is 0 Å². The number of ether oxygens (including phenoxy) is 1. The molecule has 1 N–H and O–H groups in total. The molecule has 2 heteroatoms. The summed E-state index contributed by atoms with van der Waals surface area (Å²) in [5, 5.41) is 9.43. The van der Waals surface area contributed by atoms with Crippen molar-refractivity contribution < 1.29 is 9.84 Å². The molecule has 40 heavy (non-hydrogen) atoms. The topological polar surface area (TPSA) is 29.5 Å². The minimum absolute atomic E-state index is 0.0896. The molecule has 2 rings (SSSR count). The van der Waals surface area contributed by atoms with Crippen molar-refractivity contribution in [2.24, 2.45) is 0 Å². The van der Waals surface area contributed by atoms with E-state index in [1.54, 1.807) is 0 Å². The van der Waals surface area contributed by atoms with E-state index < -0.39 is 0 Å². The molecule has 0 saturated carbocycles. The minimum atomic E-state index is 0.0896. The fourth-order valence-electron chi connectivity index (χ4n) is 5.63. The Balaban J connectivity index is 1.73. The number of unbranched alkanes of at least 4 members (excludes halogenated alkanes) is 19. The fourth-order valence-corrected chi connectivity index (χ4v) is 5.63. The van der Waals surface area contributed by atoms with Gasteiger partial charge in [-0.25, -0.2) is 0 Å². The fraction of sp³-hybridized carbons (Fsp3) is 0.684. The van der Waals surface area contributed by atoms with Gasteiger partial charge in [0.1, 0.15) is 5.75 Å². The summed E-state index contributed by atoms with van der Waals surface area (Å²) in [7, 11) is 0. The molecule has 0 unspecified atom stereocenters. The van der Waals surface area contributed by atoms with Gasteiger partial charge in [0.05, 0.1) is 13.2 Å². The van der Waals surface area contributed by atoms with Gasteiger partial charge >= 0.3 is 0 Å². The van der Waals surface area contributed by atoms with Crippen LogP contribution in [0.25, 0.3) is 11.1 Å². The molecule has 0 amide bonds. The number of rotatable bonds is 26. The molecule has 0 spiro atoms. The summed E-state index contributed by atoms with van der Waals surface area (Å²) in [6.07, 6.45) is 29.8. The highest BCUT2D eigenvalue weighted by molar-refractivity contribution is 5.66. The van der Waals surface area contributed by atoms with Gasteiger partial charge in [0.2, 0.25) is 0 Å². The summed E-state index contributed by atoms with van der Waals surface area (Å²) >= 11 is 0. The Morgan fingerprint density at radius 1 is 0.475 bits per heavy atom. The Morgan fingerprint density at radius 2 is 0.950 bits per heavy atom. The lowest BCUT2D eigenvalue weighted by atomic mass is 9.98. The summed E-state index contributed by atoms with van der Waals surface area (Å²) in [6, 6.07) is 15.1. The third kappa shape index (κ3) is 16.5. The Labute approximate surface area is 248 Å². The van der Waals surface area contributed by atoms with E-state index in [-0.39, 0.29) is 6.61 Å². The van der Waals surface area contributed by atoms with Gasteiger partial charge in [-0.15, -0.1) is 0 Å². The summed E-state index contributed by atoms with van der Waals surface area (Å²) in [6.45, 7) is 5.47. The molecule has 0 heterocycles. The van der Waals surface area contributed by atoms with Crippen LogP contribution < -0.4 is 4.74 Å². The zero-order valence-electron chi connectivity index (χ0n) is 26.4. The van der Waals surface area contributed by atoms with Crippen LogP contribution in [0.5, 0.6) is 5.75 Å². The van der Waals surface area contributed by atoms with E-state index in [2.05, 4.69) is 44.2 Å². The molecule has 0 aliphatic carbocycles. The molecule has 226 valence electrons. The van der Waals surface area contributed by atoms with E-state index in [0.29, 0.717) is 0 Å². The van der Waals surface area contributed by atoms with Crippen LogP contribution in [-0.2, 0) is 13.0 Å². The summed E-state index contributed by atoms with van der Waals surface area (Å²) in [5.41, 5.74) is 4.76. The van der Waals surface area contributed by atoms with Gasteiger partial charge in [0.15, 0.2) is 0 Å². The monoisotopic (exact) mass is 550 g/mol. The smallest absolute Gasteiger partial charge is 0.120 e. The van der Waals surface area contributed by atoms with Crippen molar-refractivity contribution in [3.63, 3.8) is 0 Å². The van der Waals surface area contributed by atoms with Crippen LogP contribution in [0.15, 0.2) is 42.5 Å². The zero-order chi connectivity index (χ0) is 28.5. The molecule has 0 aromatic heterocycles. The number of aryl methyl sites for hydroxylation is 1. The van der Waals surface area contributed by atoms with Crippen LogP contribution in [0.3, 0.4) is 0 Å². The SMILES string of the molecule is CCCCCCCCCCCCCCCc1cc(OCCCCCCCCCC)cc(-c2ccc(CO)cc2)c1. The molecule has 0 radical (unpaired) electrons. The van der Waals surface area contributed by atoms with Crippen LogP contribution in [-0.4, -0.2) is 11.7 Å². The van der Waals surface area contributed by atoms with Gasteiger partial charge in [-0.05, 0) is 53.6 Å². The van der Waals surface area contributed by atoms with Crippen LogP contribution in [0, 0.1) is 0 Å². The number of hydrogen-bond donors (Lipinski definition) is 1. The standard InChI is InChI=1S/C38H62O2/c1-3-5-7-9-11-13-14-15-16-17-18-20-22-24-35-30-37(36-27-25-34(33-39)26-28-36)32-38(31-35)40-29-23-21-19-12-10-8-6-4-2/h25-28,30-32,39H,3-24,29,33H2,1-2H3. The average molecular weight is 551 g/mol. The summed E-state index contributed by atoms with van der Waals surface area (Å²) in [5.74, 6) is 1.01. The second-order valence-electron chi connectivity index (χ2n) is 12.0. The molecule has 0 bridgehead atoms. The van der Waals surface area contributed by atoms with Gasteiger partial charge in [0.25, 0.3) is 0 Å². The number of aliphatic hydroxyl groups is 1. The molecule has 2 aromatic rings. The normalized spacial score (nSPS) is 11.3. The molecule has 0 aliphatic rings.